The van der Waals surface area contributed by atoms with Gasteiger partial charge in [-0.3, -0.25) is 4.98 Å². The third-order valence-electron chi connectivity index (χ3n) is 2.99. The topological polar surface area (TPSA) is 48.1 Å². The summed E-state index contributed by atoms with van der Waals surface area (Å²) in [4.78, 5) is 4.30. The first kappa shape index (κ1) is 12.6. The van der Waals surface area contributed by atoms with Crippen LogP contribution in [0.5, 0.6) is 5.75 Å². The molecule has 0 unspecified atom stereocenters. The number of aryl methyl sites for hydroxylation is 2. The first-order valence-electron chi connectivity index (χ1n) is 6.03. The van der Waals surface area contributed by atoms with Gasteiger partial charge in [0.15, 0.2) is 0 Å². The summed E-state index contributed by atoms with van der Waals surface area (Å²) >= 11 is 0. The Hall–Kier alpha value is -1.87. The van der Waals surface area contributed by atoms with Gasteiger partial charge < -0.3 is 10.5 Å². The van der Waals surface area contributed by atoms with Crippen LogP contribution >= 0.6 is 0 Å². The largest absolute Gasteiger partial charge is 0.487 e. The zero-order chi connectivity index (χ0) is 13.0. The molecule has 0 amide bonds. The van der Waals surface area contributed by atoms with Gasteiger partial charge in [0.2, 0.25) is 0 Å². The van der Waals surface area contributed by atoms with Crippen LogP contribution in [-0.2, 0) is 13.2 Å². The normalized spacial score (nSPS) is 10.4. The van der Waals surface area contributed by atoms with Crippen LogP contribution in [0.25, 0.3) is 0 Å². The van der Waals surface area contributed by atoms with Gasteiger partial charge >= 0.3 is 0 Å². The molecule has 1 heterocycles. The van der Waals surface area contributed by atoms with Crippen LogP contribution in [0.4, 0.5) is 0 Å². The highest BCUT2D eigenvalue weighted by Crippen LogP contribution is 2.17. The zero-order valence-corrected chi connectivity index (χ0v) is 10.8. The summed E-state index contributed by atoms with van der Waals surface area (Å²) < 4.78 is 5.71. The van der Waals surface area contributed by atoms with Crippen molar-refractivity contribution in [2.75, 3.05) is 0 Å². The summed E-state index contributed by atoms with van der Waals surface area (Å²) in [7, 11) is 0. The van der Waals surface area contributed by atoms with Crippen LogP contribution in [0.15, 0.2) is 36.5 Å². The number of aromatic nitrogens is 1. The van der Waals surface area contributed by atoms with Gasteiger partial charge in [-0.1, -0.05) is 12.1 Å². The number of rotatable bonds is 4. The standard InChI is InChI=1S/C15H18N2O/c1-11-3-6-15(7-12(11)2)18-10-14-5-4-13(8-16)9-17-14/h3-7,9H,8,10,16H2,1-2H3. The van der Waals surface area contributed by atoms with Crippen molar-refractivity contribution < 1.29 is 4.74 Å². The molecular weight excluding hydrogens is 224 g/mol. The van der Waals surface area contributed by atoms with Crippen LogP contribution in [0, 0.1) is 13.8 Å². The summed E-state index contributed by atoms with van der Waals surface area (Å²) in [6, 6.07) is 10.0. The van der Waals surface area contributed by atoms with Crippen molar-refractivity contribution in [3.8, 4) is 5.75 Å². The van der Waals surface area contributed by atoms with Crippen LogP contribution in [0.3, 0.4) is 0 Å². The van der Waals surface area contributed by atoms with Crippen LogP contribution in [-0.4, -0.2) is 4.98 Å². The Kier molecular flexibility index (Phi) is 3.95. The maximum atomic E-state index is 5.71. The number of benzene rings is 1. The first-order valence-corrected chi connectivity index (χ1v) is 6.03. The molecule has 0 saturated heterocycles. The molecule has 2 aromatic rings. The second kappa shape index (κ2) is 5.65. The Balaban J connectivity index is 1.99. The van der Waals surface area contributed by atoms with E-state index in [1.165, 1.54) is 11.1 Å². The predicted octanol–water partition coefficient (Wildman–Crippen LogP) is 2.74. The molecule has 0 aliphatic heterocycles. The Labute approximate surface area is 108 Å². The summed E-state index contributed by atoms with van der Waals surface area (Å²) in [6.45, 7) is 5.17. The molecule has 2 N–H and O–H groups in total. The lowest BCUT2D eigenvalue weighted by molar-refractivity contribution is 0.301. The maximum Gasteiger partial charge on any atom is 0.130 e. The van der Waals surface area contributed by atoms with Crippen LogP contribution in [0.1, 0.15) is 22.4 Å². The molecule has 0 radical (unpaired) electrons. The Bertz CT molecular complexity index is 521. The highest BCUT2D eigenvalue weighted by molar-refractivity contribution is 5.33. The smallest absolute Gasteiger partial charge is 0.130 e. The third kappa shape index (κ3) is 3.08. The summed E-state index contributed by atoms with van der Waals surface area (Å²) in [6.07, 6.45) is 1.79. The fourth-order valence-corrected chi connectivity index (χ4v) is 1.62. The Morgan fingerprint density at radius 2 is 1.94 bits per heavy atom. The van der Waals surface area contributed by atoms with Crippen molar-refractivity contribution in [1.82, 2.24) is 4.98 Å². The third-order valence-corrected chi connectivity index (χ3v) is 2.99. The SMILES string of the molecule is Cc1ccc(OCc2ccc(CN)cn2)cc1C. The number of nitrogens with zero attached hydrogens (tertiary/aromatic N) is 1. The average Bonchev–Trinajstić information content (AvgIpc) is 2.41. The van der Waals surface area contributed by atoms with E-state index in [9.17, 15) is 0 Å². The number of nitrogens with two attached hydrogens (primary N) is 1. The van der Waals surface area contributed by atoms with Crippen molar-refractivity contribution in [3.63, 3.8) is 0 Å². The zero-order valence-electron chi connectivity index (χ0n) is 10.8. The molecule has 3 nitrogen and oxygen atoms in total. The van der Waals surface area contributed by atoms with Gasteiger partial charge in [-0.2, -0.15) is 0 Å². The minimum Gasteiger partial charge on any atom is -0.487 e. The van der Waals surface area contributed by atoms with E-state index in [0.29, 0.717) is 13.2 Å². The average molecular weight is 242 g/mol. The van der Waals surface area contributed by atoms with E-state index in [2.05, 4.69) is 24.9 Å². The molecule has 2 rings (SSSR count). The monoisotopic (exact) mass is 242 g/mol. The lowest BCUT2D eigenvalue weighted by Crippen LogP contribution is -2.01. The minimum absolute atomic E-state index is 0.480. The molecule has 0 aliphatic rings. The lowest BCUT2D eigenvalue weighted by atomic mass is 10.1. The highest BCUT2D eigenvalue weighted by atomic mass is 16.5. The molecule has 94 valence electrons. The molecule has 0 saturated carbocycles. The lowest BCUT2D eigenvalue weighted by Gasteiger charge is -2.08. The van der Waals surface area contributed by atoms with Crippen molar-refractivity contribution in [3.05, 3.63) is 58.9 Å². The molecule has 3 heteroatoms. The van der Waals surface area contributed by atoms with E-state index in [4.69, 9.17) is 10.5 Å². The van der Waals surface area contributed by atoms with Crippen LogP contribution in [0.2, 0.25) is 0 Å². The van der Waals surface area contributed by atoms with E-state index in [1.54, 1.807) is 6.20 Å². The molecule has 0 aliphatic carbocycles. The molecule has 0 bridgehead atoms. The van der Waals surface area contributed by atoms with Gasteiger partial charge in [-0.25, -0.2) is 0 Å². The van der Waals surface area contributed by atoms with Crippen molar-refractivity contribution in [2.24, 2.45) is 5.73 Å². The van der Waals surface area contributed by atoms with E-state index in [0.717, 1.165) is 17.0 Å². The minimum atomic E-state index is 0.480. The van der Waals surface area contributed by atoms with Crippen molar-refractivity contribution in [2.45, 2.75) is 27.0 Å². The van der Waals surface area contributed by atoms with E-state index in [-0.39, 0.29) is 0 Å². The quantitative estimate of drug-likeness (QED) is 0.896. The molecule has 1 aromatic heterocycles. The Morgan fingerprint density at radius 1 is 1.11 bits per heavy atom. The van der Waals surface area contributed by atoms with Gasteiger partial charge in [0.1, 0.15) is 12.4 Å². The molecule has 1 aromatic carbocycles. The van der Waals surface area contributed by atoms with E-state index in [1.807, 2.05) is 24.3 Å². The summed E-state index contributed by atoms with van der Waals surface area (Å²) in [5.41, 5.74) is 9.97. The number of ether oxygens (including phenoxy) is 1. The second-order valence-electron chi connectivity index (χ2n) is 4.40. The van der Waals surface area contributed by atoms with Gasteiger partial charge in [-0.05, 0) is 48.7 Å². The van der Waals surface area contributed by atoms with Gasteiger partial charge in [0.25, 0.3) is 0 Å². The Morgan fingerprint density at radius 3 is 2.56 bits per heavy atom. The highest BCUT2D eigenvalue weighted by Gasteiger charge is 1.99. The van der Waals surface area contributed by atoms with Gasteiger partial charge in [-0.15, -0.1) is 0 Å². The maximum absolute atomic E-state index is 5.71. The number of hydrogen-bond donors (Lipinski definition) is 1. The summed E-state index contributed by atoms with van der Waals surface area (Å²) in [5.74, 6) is 0.878. The second-order valence-corrected chi connectivity index (χ2v) is 4.40. The fourth-order valence-electron chi connectivity index (χ4n) is 1.62. The van der Waals surface area contributed by atoms with Gasteiger partial charge in [0, 0.05) is 12.7 Å². The first-order chi connectivity index (χ1) is 8.69. The number of pyridine rings is 1. The van der Waals surface area contributed by atoms with E-state index >= 15 is 0 Å². The molecule has 0 spiro atoms. The fraction of sp³-hybridized carbons (Fsp3) is 0.267. The predicted molar refractivity (Wildman–Crippen MR) is 72.4 cm³/mol. The van der Waals surface area contributed by atoms with Crippen molar-refractivity contribution in [1.29, 1.82) is 0 Å². The number of hydrogen-bond acceptors (Lipinski definition) is 3. The van der Waals surface area contributed by atoms with Crippen LogP contribution < -0.4 is 10.5 Å². The van der Waals surface area contributed by atoms with Crippen molar-refractivity contribution >= 4 is 0 Å². The molecule has 0 fully saturated rings. The molecule has 0 atom stereocenters. The van der Waals surface area contributed by atoms with E-state index < -0.39 is 0 Å². The molecular formula is C15H18N2O. The summed E-state index contributed by atoms with van der Waals surface area (Å²) in [5, 5.41) is 0. The molecule has 18 heavy (non-hydrogen) atoms. The van der Waals surface area contributed by atoms with Gasteiger partial charge in [0.05, 0.1) is 5.69 Å².